The van der Waals surface area contributed by atoms with Crippen LogP contribution in [-0.4, -0.2) is 41.5 Å². The molecule has 0 unspecified atom stereocenters. The standard InChI is InChI=1S/C20H24FN3O/c21-16-5-3-15(4-6-16)18-12-22-13-19(18)20(25)24-9-7-17(8-10-24)23-11-14-1-2-14/h3-6,12-14,17,22-23H,1-2,7-11H2. The number of hydrogen-bond donors (Lipinski definition) is 2. The van der Waals surface area contributed by atoms with Gasteiger partial charge in [-0.25, -0.2) is 4.39 Å². The van der Waals surface area contributed by atoms with Crippen molar-refractivity contribution in [3.63, 3.8) is 0 Å². The summed E-state index contributed by atoms with van der Waals surface area (Å²) in [5.41, 5.74) is 2.35. The van der Waals surface area contributed by atoms with Crippen molar-refractivity contribution in [1.82, 2.24) is 15.2 Å². The molecule has 0 atom stereocenters. The van der Waals surface area contributed by atoms with Gasteiger partial charge < -0.3 is 15.2 Å². The Balaban J connectivity index is 1.40. The number of H-pyrrole nitrogens is 1. The third-order valence-corrected chi connectivity index (χ3v) is 5.31. The first kappa shape index (κ1) is 16.3. The van der Waals surface area contributed by atoms with Gasteiger partial charge in [0.2, 0.25) is 0 Å². The molecule has 1 aliphatic carbocycles. The molecule has 0 bridgehead atoms. The highest BCUT2D eigenvalue weighted by Gasteiger charge is 2.27. The van der Waals surface area contributed by atoms with Crippen molar-refractivity contribution in [2.45, 2.75) is 31.7 Å². The van der Waals surface area contributed by atoms with Gasteiger partial charge in [-0.2, -0.15) is 0 Å². The molecule has 2 heterocycles. The quantitative estimate of drug-likeness (QED) is 0.875. The predicted octanol–water partition coefficient (Wildman–Crippen LogP) is 3.43. The first-order valence-electron chi connectivity index (χ1n) is 9.16. The lowest BCUT2D eigenvalue weighted by atomic mass is 10.0. The molecular weight excluding hydrogens is 317 g/mol. The van der Waals surface area contributed by atoms with Gasteiger partial charge in [0, 0.05) is 37.1 Å². The molecule has 2 aromatic rings. The molecule has 132 valence electrons. The third kappa shape index (κ3) is 3.76. The van der Waals surface area contributed by atoms with Crippen molar-refractivity contribution in [2.75, 3.05) is 19.6 Å². The average molecular weight is 341 g/mol. The van der Waals surface area contributed by atoms with E-state index in [1.54, 1.807) is 18.3 Å². The molecule has 1 saturated carbocycles. The van der Waals surface area contributed by atoms with Gasteiger partial charge in [0.05, 0.1) is 5.56 Å². The van der Waals surface area contributed by atoms with Crippen molar-refractivity contribution in [3.05, 3.63) is 48.0 Å². The molecule has 25 heavy (non-hydrogen) atoms. The Bertz CT molecular complexity index is 728. The number of benzene rings is 1. The second-order valence-electron chi connectivity index (χ2n) is 7.21. The lowest BCUT2D eigenvalue weighted by Crippen LogP contribution is -2.45. The van der Waals surface area contributed by atoms with Crippen molar-refractivity contribution in [1.29, 1.82) is 0 Å². The lowest BCUT2D eigenvalue weighted by Gasteiger charge is -2.32. The van der Waals surface area contributed by atoms with Crippen LogP contribution in [0.4, 0.5) is 4.39 Å². The summed E-state index contributed by atoms with van der Waals surface area (Å²) in [4.78, 5) is 17.9. The first-order chi connectivity index (χ1) is 12.2. The number of likely N-dealkylation sites (tertiary alicyclic amines) is 1. The minimum atomic E-state index is -0.270. The fourth-order valence-electron chi connectivity index (χ4n) is 3.52. The zero-order valence-corrected chi connectivity index (χ0v) is 14.3. The summed E-state index contributed by atoms with van der Waals surface area (Å²) in [5.74, 6) is 0.673. The predicted molar refractivity (Wildman–Crippen MR) is 95.8 cm³/mol. The average Bonchev–Trinajstić information content (AvgIpc) is 3.35. The van der Waals surface area contributed by atoms with Crippen LogP contribution in [0.15, 0.2) is 36.7 Å². The number of piperidine rings is 1. The van der Waals surface area contributed by atoms with E-state index >= 15 is 0 Å². The minimum Gasteiger partial charge on any atom is -0.366 e. The molecule has 5 heteroatoms. The summed E-state index contributed by atoms with van der Waals surface area (Å²) in [6, 6.07) is 6.81. The van der Waals surface area contributed by atoms with Crippen molar-refractivity contribution < 1.29 is 9.18 Å². The molecule has 2 aliphatic rings. The molecule has 4 rings (SSSR count). The van der Waals surface area contributed by atoms with E-state index in [1.807, 2.05) is 11.1 Å². The maximum Gasteiger partial charge on any atom is 0.256 e. The van der Waals surface area contributed by atoms with Crippen molar-refractivity contribution in [2.24, 2.45) is 5.92 Å². The largest absolute Gasteiger partial charge is 0.366 e. The summed E-state index contributed by atoms with van der Waals surface area (Å²) in [5, 5.41) is 3.64. The van der Waals surface area contributed by atoms with E-state index in [0.29, 0.717) is 11.6 Å². The van der Waals surface area contributed by atoms with E-state index in [1.165, 1.54) is 25.0 Å². The van der Waals surface area contributed by atoms with Gasteiger partial charge in [-0.3, -0.25) is 4.79 Å². The highest BCUT2D eigenvalue weighted by atomic mass is 19.1. The van der Waals surface area contributed by atoms with Gasteiger partial charge >= 0.3 is 0 Å². The second kappa shape index (κ2) is 7.00. The minimum absolute atomic E-state index is 0.0567. The van der Waals surface area contributed by atoms with Gasteiger partial charge in [-0.15, -0.1) is 0 Å². The van der Waals surface area contributed by atoms with Crippen LogP contribution < -0.4 is 5.32 Å². The summed E-state index contributed by atoms with van der Waals surface area (Å²) in [7, 11) is 0. The van der Waals surface area contributed by atoms with E-state index in [0.717, 1.165) is 49.5 Å². The van der Waals surface area contributed by atoms with Crippen molar-refractivity contribution >= 4 is 5.91 Å². The monoisotopic (exact) mass is 341 g/mol. The molecule has 1 aliphatic heterocycles. The number of amides is 1. The number of aromatic amines is 1. The van der Waals surface area contributed by atoms with Crippen molar-refractivity contribution in [3.8, 4) is 11.1 Å². The molecule has 0 spiro atoms. The van der Waals surface area contributed by atoms with E-state index < -0.39 is 0 Å². The van der Waals surface area contributed by atoms with E-state index in [9.17, 15) is 9.18 Å². The number of carbonyl (C=O) groups is 1. The van der Waals surface area contributed by atoms with Crippen LogP contribution in [0, 0.1) is 11.7 Å². The highest BCUT2D eigenvalue weighted by Crippen LogP contribution is 2.29. The normalized spacial score (nSPS) is 18.5. The van der Waals surface area contributed by atoms with Crippen LogP contribution >= 0.6 is 0 Å². The fourth-order valence-corrected chi connectivity index (χ4v) is 3.52. The number of aromatic nitrogens is 1. The summed E-state index contributed by atoms with van der Waals surface area (Å²) < 4.78 is 13.1. The molecule has 2 N–H and O–H groups in total. The summed E-state index contributed by atoms with van der Waals surface area (Å²) in [6.45, 7) is 2.70. The van der Waals surface area contributed by atoms with Crippen LogP contribution in [0.5, 0.6) is 0 Å². The van der Waals surface area contributed by atoms with Crippen LogP contribution in [-0.2, 0) is 0 Å². The number of halogens is 1. The van der Waals surface area contributed by atoms with Gasteiger partial charge in [0.1, 0.15) is 5.82 Å². The molecule has 1 aromatic carbocycles. The highest BCUT2D eigenvalue weighted by molar-refractivity contribution is 6.00. The Kier molecular flexibility index (Phi) is 4.57. The second-order valence-corrected chi connectivity index (χ2v) is 7.21. The Morgan fingerprint density at radius 1 is 1.12 bits per heavy atom. The summed E-state index contributed by atoms with van der Waals surface area (Å²) in [6.07, 6.45) is 8.31. The molecule has 4 nitrogen and oxygen atoms in total. The number of nitrogens with zero attached hydrogens (tertiary/aromatic N) is 1. The van der Waals surface area contributed by atoms with Gasteiger partial charge in [0.25, 0.3) is 5.91 Å². The SMILES string of the molecule is O=C(c1c[nH]cc1-c1ccc(F)cc1)N1CCC(NCC2CC2)CC1. The van der Waals surface area contributed by atoms with Crippen LogP contribution in [0.2, 0.25) is 0 Å². The third-order valence-electron chi connectivity index (χ3n) is 5.31. The number of carbonyl (C=O) groups excluding carboxylic acids is 1. The Labute approximate surface area is 147 Å². The molecule has 0 radical (unpaired) electrons. The van der Waals surface area contributed by atoms with Crippen LogP contribution in [0.25, 0.3) is 11.1 Å². The smallest absolute Gasteiger partial charge is 0.256 e. The molecule has 2 fully saturated rings. The maximum absolute atomic E-state index is 13.1. The van der Waals surface area contributed by atoms with E-state index in [2.05, 4.69) is 10.3 Å². The maximum atomic E-state index is 13.1. The van der Waals surface area contributed by atoms with E-state index in [-0.39, 0.29) is 11.7 Å². The zero-order valence-electron chi connectivity index (χ0n) is 14.3. The first-order valence-corrected chi connectivity index (χ1v) is 9.16. The number of nitrogens with one attached hydrogen (secondary N) is 2. The number of rotatable bonds is 5. The Hall–Kier alpha value is -2.14. The topological polar surface area (TPSA) is 48.1 Å². The Morgan fingerprint density at radius 2 is 1.84 bits per heavy atom. The Morgan fingerprint density at radius 3 is 2.52 bits per heavy atom. The molecule has 1 aromatic heterocycles. The lowest BCUT2D eigenvalue weighted by molar-refractivity contribution is 0.0706. The fraction of sp³-hybridized carbons (Fsp3) is 0.450. The van der Waals surface area contributed by atoms with Crippen LogP contribution in [0.3, 0.4) is 0 Å². The molecule has 1 amide bonds. The number of hydrogen-bond acceptors (Lipinski definition) is 2. The van der Waals surface area contributed by atoms with E-state index in [4.69, 9.17) is 0 Å². The van der Waals surface area contributed by atoms with Crippen LogP contribution in [0.1, 0.15) is 36.0 Å². The van der Waals surface area contributed by atoms with Gasteiger partial charge in [-0.1, -0.05) is 12.1 Å². The van der Waals surface area contributed by atoms with Gasteiger partial charge in [0.15, 0.2) is 0 Å². The summed E-state index contributed by atoms with van der Waals surface area (Å²) >= 11 is 0. The molecular formula is C20H24FN3O. The van der Waals surface area contributed by atoms with Gasteiger partial charge in [-0.05, 0) is 55.8 Å². The molecule has 1 saturated heterocycles. The zero-order chi connectivity index (χ0) is 17.2.